The highest BCUT2D eigenvalue weighted by Gasteiger charge is 2.34. The SMILES string of the molecule is COc1nc([N+](=O)[O-])c(C[N+](C)(C)C/C=C/C(=O)Nc2cc3c(Nc4ccc(F)c(C(F)(F)F)c4)ncnc3cn2)n1C. The van der Waals surface area contributed by atoms with Crippen LogP contribution in [-0.2, 0) is 24.6 Å². The summed E-state index contributed by atoms with van der Waals surface area (Å²) in [5.74, 6) is -2.03. The van der Waals surface area contributed by atoms with Crippen molar-refractivity contribution in [3.63, 3.8) is 0 Å². The summed E-state index contributed by atoms with van der Waals surface area (Å²) in [6.07, 6.45) is 0.517. The summed E-state index contributed by atoms with van der Waals surface area (Å²) >= 11 is 0. The van der Waals surface area contributed by atoms with Gasteiger partial charge in [-0.15, -0.1) is 0 Å². The zero-order valence-corrected chi connectivity index (χ0v) is 23.3. The molecule has 0 unspecified atom stereocenters. The first-order valence-electron chi connectivity index (χ1n) is 12.5. The van der Waals surface area contributed by atoms with Crippen LogP contribution in [0.1, 0.15) is 11.3 Å². The third-order valence-corrected chi connectivity index (χ3v) is 6.26. The summed E-state index contributed by atoms with van der Waals surface area (Å²) in [7, 11) is 6.62. The van der Waals surface area contributed by atoms with E-state index in [0.717, 1.165) is 6.07 Å². The van der Waals surface area contributed by atoms with Crippen molar-refractivity contribution in [1.82, 2.24) is 24.5 Å². The second kappa shape index (κ2) is 12.0. The number of hydrogen-bond donors (Lipinski definition) is 2. The fourth-order valence-electron chi connectivity index (χ4n) is 4.17. The molecule has 4 aromatic rings. The summed E-state index contributed by atoms with van der Waals surface area (Å²) in [6, 6.07) is 4.00. The van der Waals surface area contributed by atoms with Gasteiger partial charge in [0.2, 0.25) is 5.91 Å². The van der Waals surface area contributed by atoms with Crippen molar-refractivity contribution in [3.8, 4) is 6.01 Å². The van der Waals surface area contributed by atoms with E-state index in [1.807, 2.05) is 14.1 Å². The Bertz CT molecular complexity index is 1720. The summed E-state index contributed by atoms with van der Waals surface area (Å²) in [6.45, 7) is 0.540. The standard InChI is InChI=1S/C26H25F4N9O4/c1-37-20(24(38(41)42)36-25(37)43-4)13-39(2,3)9-5-6-22(40)35-21-11-16-19(12-31-21)32-14-33-23(16)34-15-7-8-18(27)17(10-15)26(28,29)30/h5-8,10-12,14H,9,13H2,1-4H3,(H-,31,32,33,34,35,40)/p+1/b6-5+. The number of ether oxygens (including phenoxy) is 1. The van der Waals surface area contributed by atoms with Crippen LogP contribution in [0, 0.1) is 15.9 Å². The van der Waals surface area contributed by atoms with Crippen LogP contribution in [0.15, 0.2) is 48.9 Å². The van der Waals surface area contributed by atoms with E-state index in [4.69, 9.17) is 4.74 Å². The number of nitro groups is 1. The van der Waals surface area contributed by atoms with Crippen LogP contribution in [0.2, 0.25) is 0 Å². The molecule has 0 aliphatic carbocycles. The molecule has 3 aromatic heterocycles. The number of quaternary nitrogens is 1. The van der Waals surface area contributed by atoms with Gasteiger partial charge in [0, 0.05) is 29.2 Å². The van der Waals surface area contributed by atoms with Gasteiger partial charge in [-0.2, -0.15) is 13.2 Å². The van der Waals surface area contributed by atoms with Gasteiger partial charge in [0.05, 0.1) is 45.0 Å². The Kier molecular flexibility index (Phi) is 8.56. The highest BCUT2D eigenvalue weighted by atomic mass is 19.4. The Morgan fingerprint density at radius 3 is 2.63 bits per heavy atom. The van der Waals surface area contributed by atoms with E-state index in [-0.39, 0.29) is 40.2 Å². The number of nitrogens with zero attached hydrogens (tertiary/aromatic N) is 7. The lowest BCUT2D eigenvalue weighted by molar-refractivity contribution is -0.898. The van der Waals surface area contributed by atoms with Gasteiger partial charge >= 0.3 is 18.0 Å². The van der Waals surface area contributed by atoms with Crippen molar-refractivity contribution >= 4 is 40.0 Å². The molecule has 0 fully saturated rings. The molecule has 1 amide bonds. The summed E-state index contributed by atoms with van der Waals surface area (Å²) in [4.78, 5) is 39.7. The van der Waals surface area contributed by atoms with E-state index in [9.17, 15) is 32.5 Å². The van der Waals surface area contributed by atoms with E-state index in [0.29, 0.717) is 35.3 Å². The minimum Gasteiger partial charge on any atom is -0.449 e. The number of amides is 1. The van der Waals surface area contributed by atoms with E-state index in [1.54, 1.807) is 13.1 Å². The van der Waals surface area contributed by atoms with E-state index in [1.165, 1.54) is 36.3 Å². The van der Waals surface area contributed by atoms with Crippen LogP contribution in [0.3, 0.4) is 0 Å². The van der Waals surface area contributed by atoms with Crippen molar-refractivity contribution in [2.45, 2.75) is 12.7 Å². The summed E-state index contributed by atoms with van der Waals surface area (Å²) in [5.41, 5.74) is -0.803. The topological polar surface area (TPSA) is 150 Å². The monoisotopic (exact) mass is 604 g/mol. The van der Waals surface area contributed by atoms with Crippen LogP contribution in [0.5, 0.6) is 6.01 Å². The first-order chi connectivity index (χ1) is 20.2. The average Bonchev–Trinajstić information content (AvgIpc) is 3.23. The highest BCUT2D eigenvalue weighted by Crippen LogP contribution is 2.34. The van der Waals surface area contributed by atoms with Gasteiger partial charge < -0.3 is 30.0 Å². The summed E-state index contributed by atoms with van der Waals surface area (Å²) < 4.78 is 59.9. The van der Waals surface area contributed by atoms with Crippen LogP contribution < -0.4 is 15.4 Å². The lowest BCUT2D eigenvalue weighted by atomic mass is 10.1. The normalized spacial score (nSPS) is 12.1. The van der Waals surface area contributed by atoms with Crippen molar-refractivity contribution in [2.24, 2.45) is 7.05 Å². The molecule has 13 nitrogen and oxygen atoms in total. The predicted molar refractivity (Wildman–Crippen MR) is 147 cm³/mol. The van der Waals surface area contributed by atoms with E-state index in [2.05, 4.69) is 30.6 Å². The first kappa shape index (κ1) is 30.8. The number of halogens is 4. The first-order valence-corrected chi connectivity index (χ1v) is 12.5. The number of hydrogen-bond acceptors (Lipinski definition) is 9. The number of nitrogens with one attached hydrogen (secondary N) is 2. The fraction of sp³-hybridized carbons (Fsp3) is 0.269. The van der Waals surface area contributed by atoms with E-state index < -0.39 is 28.4 Å². The van der Waals surface area contributed by atoms with Gasteiger partial charge in [-0.3, -0.25) is 9.36 Å². The smallest absolute Gasteiger partial charge is 0.419 e. The van der Waals surface area contributed by atoms with Crippen molar-refractivity contribution in [1.29, 1.82) is 0 Å². The second-order valence-electron chi connectivity index (χ2n) is 9.98. The minimum atomic E-state index is -4.89. The number of benzene rings is 1. The number of fused-ring (bicyclic) bond motifs is 1. The van der Waals surface area contributed by atoms with Gasteiger partial charge in [-0.05, 0) is 35.3 Å². The van der Waals surface area contributed by atoms with Crippen LogP contribution in [0.4, 0.5) is 40.7 Å². The molecule has 0 atom stereocenters. The molecule has 4 rings (SSSR count). The number of methoxy groups -OCH3 is 1. The Morgan fingerprint density at radius 1 is 1.21 bits per heavy atom. The molecule has 0 saturated heterocycles. The number of carbonyl (C=O) groups excluding carboxylic acids is 1. The Balaban J connectivity index is 1.47. The van der Waals surface area contributed by atoms with Gasteiger partial charge in [-0.1, -0.05) is 0 Å². The quantitative estimate of drug-likeness (QED) is 0.0886. The van der Waals surface area contributed by atoms with Crippen LogP contribution >= 0.6 is 0 Å². The molecule has 1 aromatic carbocycles. The number of carbonyl (C=O) groups is 1. The largest absolute Gasteiger partial charge is 0.449 e. The average molecular weight is 605 g/mol. The van der Waals surface area contributed by atoms with Gasteiger partial charge in [-0.25, -0.2) is 19.3 Å². The van der Waals surface area contributed by atoms with Crippen molar-refractivity contribution < 1.29 is 36.5 Å². The molecule has 0 spiro atoms. The van der Waals surface area contributed by atoms with Crippen LogP contribution in [0.25, 0.3) is 10.9 Å². The van der Waals surface area contributed by atoms with Gasteiger partial charge in [0.1, 0.15) is 30.3 Å². The van der Waals surface area contributed by atoms with Gasteiger partial charge in [0.25, 0.3) is 0 Å². The number of rotatable bonds is 10. The zero-order chi connectivity index (χ0) is 31.5. The Morgan fingerprint density at radius 2 is 1.95 bits per heavy atom. The maximum Gasteiger partial charge on any atom is 0.419 e. The molecular weight excluding hydrogens is 578 g/mol. The third kappa shape index (κ3) is 7.18. The maximum atomic E-state index is 13.7. The molecule has 3 heterocycles. The Labute approximate surface area is 241 Å². The number of aromatic nitrogens is 5. The molecule has 0 radical (unpaired) electrons. The fourth-order valence-corrected chi connectivity index (χ4v) is 4.17. The third-order valence-electron chi connectivity index (χ3n) is 6.26. The molecule has 0 aliphatic rings. The molecule has 0 saturated carbocycles. The van der Waals surface area contributed by atoms with Crippen LogP contribution in [-0.4, -0.2) is 67.6 Å². The molecular formula is C26H26F4N9O4+. The maximum absolute atomic E-state index is 13.7. The molecule has 17 heteroatoms. The number of pyridine rings is 1. The number of alkyl halides is 3. The lowest BCUT2D eigenvalue weighted by Crippen LogP contribution is -2.39. The number of imidazole rings is 1. The number of anilines is 3. The Hall–Kier alpha value is -5.19. The number of likely N-dealkylation sites (N-methyl/N-ethyl adjacent to an activating group) is 1. The molecule has 43 heavy (non-hydrogen) atoms. The molecule has 226 valence electrons. The van der Waals surface area contributed by atoms with Gasteiger partial charge in [0.15, 0.2) is 5.69 Å². The zero-order valence-electron chi connectivity index (χ0n) is 23.3. The molecule has 0 bridgehead atoms. The predicted octanol–water partition coefficient (Wildman–Crippen LogP) is 4.35. The lowest BCUT2D eigenvalue weighted by Gasteiger charge is -2.27. The molecule has 2 N–H and O–H groups in total. The van der Waals surface area contributed by atoms with E-state index >= 15 is 0 Å². The molecule has 0 aliphatic heterocycles. The van der Waals surface area contributed by atoms with Crippen molar-refractivity contribution in [3.05, 3.63) is 76.1 Å². The minimum absolute atomic E-state index is 0.0605. The summed E-state index contributed by atoms with van der Waals surface area (Å²) in [5, 5.41) is 17.1. The van der Waals surface area contributed by atoms with Crippen molar-refractivity contribution in [2.75, 3.05) is 38.4 Å². The second-order valence-corrected chi connectivity index (χ2v) is 9.98. The highest BCUT2D eigenvalue weighted by molar-refractivity contribution is 6.00.